The van der Waals surface area contributed by atoms with Gasteiger partial charge in [0.15, 0.2) is 0 Å². The molecule has 3 heteroatoms. The molecule has 1 aromatic heterocycles. The summed E-state index contributed by atoms with van der Waals surface area (Å²) < 4.78 is 11.0. The number of ether oxygens (including phenoxy) is 1. The molecule has 1 aromatic carbocycles. The standard InChI is InChI=1S/C17H21O3/c1-12(2)5-4-6-13(3)19-15-9-7-14-8-10-17(18)20-16(14)11-15/h7-13H,1,4-6H2,2-3H3/q+1. The van der Waals surface area contributed by atoms with Crippen molar-refractivity contribution in [3.05, 3.63) is 47.7 Å². The molecule has 106 valence electrons. The molecule has 0 spiro atoms. The van der Waals surface area contributed by atoms with Crippen LogP contribution in [0.15, 0.2) is 39.5 Å². The molecule has 2 rings (SSSR count). The Bertz CT molecular complexity index is 613. The van der Waals surface area contributed by atoms with Crippen molar-refractivity contribution in [1.82, 2.24) is 0 Å². The molecule has 20 heavy (non-hydrogen) atoms. The van der Waals surface area contributed by atoms with Crippen LogP contribution in [0.25, 0.3) is 11.0 Å². The first-order valence-electron chi connectivity index (χ1n) is 7.08. The third-order valence-corrected chi connectivity index (χ3v) is 3.24. The number of hydrogen-bond acceptors (Lipinski definition) is 3. The summed E-state index contributed by atoms with van der Waals surface area (Å²) in [6, 6.07) is 8.76. The molecule has 2 atom stereocenters. The minimum atomic E-state index is -0.341. The van der Waals surface area contributed by atoms with Gasteiger partial charge in [-0.1, -0.05) is 0 Å². The SMILES string of the molecule is [CH2+]C(C)CCCC(C)Oc1ccc2ccc(=O)oc2c1. The summed E-state index contributed by atoms with van der Waals surface area (Å²) in [6.07, 6.45) is 3.35. The Morgan fingerprint density at radius 2 is 1.95 bits per heavy atom. The van der Waals surface area contributed by atoms with Crippen molar-refractivity contribution in [1.29, 1.82) is 0 Å². The Morgan fingerprint density at radius 3 is 2.70 bits per heavy atom. The molecule has 0 saturated heterocycles. The zero-order valence-electron chi connectivity index (χ0n) is 12.1. The molecule has 1 heterocycles. The van der Waals surface area contributed by atoms with Gasteiger partial charge in [0.25, 0.3) is 0 Å². The van der Waals surface area contributed by atoms with Crippen LogP contribution in [-0.2, 0) is 0 Å². The fourth-order valence-electron chi connectivity index (χ4n) is 2.16. The average Bonchev–Trinajstić information content (AvgIpc) is 2.37. The van der Waals surface area contributed by atoms with Crippen LogP contribution >= 0.6 is 0 Å². The summed E-state index contributed by atoms with van der Waals surface area (Å²) in [6.45, 7) is 8.16. The van der Waals surface area contributed by atoms with Crippen molar-refractivity contribution in [2.45, 2.75) is 39.2 Å². The van der Waals surface area contributed by atoms with E-state index in [9.17, 15) is 4.79 Å². The maximum absolute atomic E-state index is 11.2. The lowest BCUT2D eigenvalue weighted by molar-refractivity contribution is 0.205. The lowest BCUT2D eigenvalue weighted by atomic mass is 10.0. The van der Waals surface area contributed by atoms with Crippen molar-refractivity contribution in [3.63, 3.8) is 0 Å². The quantitative estimate of drug-likeness (QED) is 0.585. The lowest BCUT2D eigenvalue weighted by Gasteiger charge is -2.14. The number of rotatable bonds is 6. The summed E-state index contributed by atoms with van der Waals surface area (Å²) in [5.41, 5.74) is 0.223. The van der Waals surface area contributed by atoms with E-state index >= 15 is 0 Å². The van der Waals surface area contributed by atoms with Crippen LogP contribution < -0.4 is 10.4 Å². The molecule has 0 aliphatic carbocycles. The van der Waals surface area contributed by atoms with Gasteiger partial charge in [-0.15, -0.1) is 0 Å². The summed E-state index contributed by atoms with van der Waals surface area (Å²) in [4.78, 5) is 11.2. The minimum Gasteiger partial charge on any atom is -0.491 e. The highest BCUT2D eigenvalue weighted by Gasteiger charge is 2.08. The van der Waals surface area contributed by atoms with Crippen molar-refractivity contribution in [2.75, 3.05) is 0 Å². The van der Waals surface area contributed by atoms with Crippen LogP contribution in [0, 0.1) is 12.8 Å². The topological polar surface area (TPSA) is 39.4 Å². The maximum atomic E-state index is 11.2. The lowest BCUT2D eigenvalue weighted by Crippen LogP contribution is -2.11. The maximum Gasteiger partial charge on any atom is 0.336 e. The summed E-state index contributed by atoms with van der Waals surface area (Å²) in [7, 11) is 0. The third-order valence-electron chi connectivity index (χ3n) is 3.24. The molecule has 3 nitrogen and oxygen atoms in total. The summed E-state index contributed by atoms with van der Waals surface area (Å²) >= 11 is 0. The van der Waals surface area contributed by atoms with Crippen molar-refractivity contribution < 1.29 is 9.15 Å². The molecule has 2 unspecified atom stereocenters. The van der Waals surface area contributed by atoms with Gasteiger partial charge in [-0.25, -0.2) is 4.79 Å². The molecular weight excluding hydrogens is 252 g/mol. The highest BCUT2D eigenvalue weighted by molar-refractivity contribution is 5.77. The normalized spacial score (nSPS) is 14.1. The zero-order chi connectivity index (χ0) is 14.5. The molecule has 0 aliphatic heterocycles. The largest absolute Gasteiger partial charge is 0.491 e. The zero-order valence-corrected chi connectivity index (χ0v) is 12.1. The first-order valence-corrected chi connectivity index (χ1v) is 7.08. The van der Waals surface area contributed by atoms with E-state index in [1.165, 1.54) is 6.07 Å². The van der Waals surface area contributed by atoms with Crippen molar-refractivity contribution in [3.8, 4) is 5.75 Å². The molecule has 0 saturated carbocycles. The number of benzene rings is 1. The van der Waals surface area contributed by atoms with Gasteiger partial charge in [-0.2, -0.15) is 0 Å². The van der Waals surface area contributed by atoms with Gasteiger partial charge in [0.1, 0.15) is 11.3 Å². The van der Waals surface area contributed by atoms with Gasteiger partial charge < -0.3 is 9.15 Å². The fraction of sp³-hybridized carbons (Fsp3) is 0.412. The fourth-order valence-corrected chi connectivity index (χ4v) is 2.16. The van der Waals surface area contributed by atoms with Gasteiger partial charge >= 0.3 is 5.63 Å². The molecule has 0 amide bonds. The minimum absolute atomic E-state index is 0.140. The second kappa shape index (κ2) is 6.51. The van der Waals surface area contributed by atoms with E-state index < -0.39 is 0 Å². The summed E-state index contributed by atoms with van der Waals surface area (Å²) in [5.74, 6) is 1.22. The van der Waals surface area contributed by atoms with Crippen LogP contribution in [0.1, 0.15) is 33.1 Å². The van der Waals surface area contributed by atoms with Crippen LogP contribution in [-0.4, -0.2) is 6.10 Å². The molecular formula is C17H21O3+. The molecule has 0 aliphatic rings. The van der Waals surface area contributed by atoms with Gasteiger partial charge in [-0.3, -0.25) is 0 Å². The van der Waals surface area contributed by atoms with E-state index in [0.29, 0.717) is 11.5 Å². The number of fused-ring (bicyclic) bond motifs is 1. The Morgan fingerprint density at radius 1 is 1.20 bits per heavy atom. The molecule has 0 bridgehead atoms. The van der Waals surface area contributed by atoms with E-state index in [4.69, 9.17) is 9.15 Å². The second-order valence-electron chi connectivity index (χ2n) is 5.42. The monoisotopic (exact) mass is 273 g/mol. The highest BCUT2D eigenvalue weighted by atomic mass is 16.5. The second-order valence-corrected chi connectivity index (χ2v) is 5.42. The van der Waals surface area contributed by atoms with Gasteiger partial charge in [0.05, 0.1) is 18.9 Å². The van der Waals surface area contributed by atoms with Crippen LogP contribution in [0.5, 0.6) is 5.75 Å². The Labute approximate surface area is 119 Å². The Kier molecular flexibility index (Phi) is 4.72. The third kappa shape index (κ3) is 4.05. The molecule has 0 radical (unpaired) electrons. The van der Waals surface area contributed by atoms with Gasteiger partial charge in [0, 0.05) is 17.5 Å². The van der Waals surface area contributed by atoms with Crippen LogP contribution in [0.2, 0.25) is 0 Å². The summed E-state index contributed by atoms with van der Waals surface area (Å²) in [5, 5.41) is 0.899. The van der Waals surface area contributed by atoms with E-state index in [1.807, 2.05) is 12.1 Å². The highest BCUT2D eigenvalue weighted by Crippen LogP contribution is 2.21. The first-order chi connectivity index (χ1) is 9.54. The van der Waals surface area contributed by atoms with Gasteiger partial charge in [0.2, 0.25) is 0 Å². The number of hydrogen-bond donors (Lipinski definition) is 0. The molecule has 0 N–H and O–H groups in total. The predicted molar refractivity (Wildman–Crippen MR) is 80.9 cm³/mol. The smallest absolute Gasteiger partial charge is 0.336 e. The Balaban J connectivity index is 2.00. The first kappa shape index (κ1) is 14.5. The van der Waals surface area contributed by atoms with E-state index in [0.717, 1.165) is 30.4 Å². The molecule has 0 fully saturated rings. The van der Waals surface area contributed by atoms with Crippen LogP contribution in [0.4, 0.5) is 0 Å². The average molecular weight is 273 g/mol. The predicted octanol–water partition coefficient (Wildman–Crippen LogP) is 4.20. The van der Waals surface area contributed by atoms with E-state index in [-0.39, 0.29) is 11.7 Å². The van der Waals surface area contributed by atoms with Gasteiger partial charge in [-0.05, 0) is 51.3 Å². The van der Waals surface area contributed by atoms with Crippen molar-refractivity contribution in [2.24, 2.45) is 5.92 Å². The van der Waals surface area contributed by atoms with Crippen LogP contribution in [0.3, 0.4) is 0 Å². The Hall–Kier alpha value is -1.90. The van der Waals surface area contributed by atoms with E-state index in [2.05, 4.69) is 20.8 Å². The van der Waals surface area contributed by atoms with E-state index in [1.54, 1.807) is 12.1 Å². The van der Waals surface area contributed by atoms with Crippen molar-refractivity contribution >= 4 is 11.0 Å². The molecule has 2 aromatic rings.